The zero-order valence-electron chi connectivity index (χ0n) is 10.3. The van der Waals surface area contributed by atoms with E-state index in [1.54, 1.807) is 12.1 Å². The molecule has 6 heteroatoms. The molecule has 0 saturated carbocycles. The molecule has 0 saturated heterocycles. The number of halogens is 1. The number of hydrogen-bond acceptors (Lipinski definition) is 4. The van der Waals surface area contributed by atoms with Gasteiger partial charge in [0.15, 0.2) is 0 Å². The van der Waals surface area contributed by atoms with Gasteiger partial charge in [0.1, 0.15) is 16.3 Å². The van der Waals surface area contributed by atoms with Crippen molar-refractivity contribution in [1.82, 2.24) is 0 Å². The van der Waals surface area contributed by atoms with Crippen LogP contribution in [-0.4, -0.2) is 21.4 Å². The molecule has 0 atom stereocenters. The lowest BCUT2D eigenvalue weighted by atomic mass is 10.2. The summed E-state index contributed by atoms with van der Waals surface area (Å²) in [5.74, 6) is -0.169. The van der Waals surface area contributed by atoms with E-state index < -0.39 is 14.3 Å². The summed E-state index contributed by atoms with van der Waals surface area (Å²) < 4.78 is 10.5. The van der Waals surface area contributed by atoms with Gasteiger partial charge in [0.05, 0.1) is 12.8 Å². The lowest BCUT2D eigenvalue weighted by Gasteiger charge is -2.22. The normalized spacial score (nSPS) is 11.1. The third-order valence-corrected chi connectivity index (χ3v) is 3.15. The molecule has 4 nitrogen and oxygen atoms in total. The van der Waals surface area contributed by atoms with E-state index in [-0.39, 0.29) is 5.02 Å². The SMILES string of the molecule is COC(=O)c1ccc(N)c(Cl)c1O[Si](C)(C)C. The molecule has 1 aromatic carbocycles. The van der Waals surface area contributed by atoms with Crippen LogP contribution in [0.2, 0.25) is 24.7 Å². The van der Waals surface area contributed by atoms with Crippen LogP contribution in [0.1, 0.15) is 10.4 Å². The molecule has 17 heavy (non-hydrogen) atoms. The predicted octanol–water partition coefficient (Wildman–Crippen LogP) is 2.92. The third-order valence-electron chi connectivity index (χ3n) is 1.94. The number of nitrogens with two attached hydrogens (primary N) is 1. The van der Waals surface area contributed by atoms with Crippen molar-refractivity contribution in [2.75, 3.05) is 12.8 Å². The highest BCUT2D eigenvalue weighted by atomic mass is 35.5. The highest BCUT2D eigenvalue weighted by Crippen LogP contribution is 2.35. The average Bonchev–Trinajstić information content (AvgIpc) is 2.22. The molecule has 0 amide bonds. The first-order valence-electron chi connectivity index (χ1n) is 5.11. The predicted molar refractivity (Wildman–Crippen MR) is 71.2 cm³/mol. The molecule has 0 aliphatic heterocycles. The van der Waals surface area contributed by atoms with Gasteiger partial charge in [-0.05, 0) is 31.8 Å². The first kappa shape index (κ1) is 13.9. The average molecular weight is 274 g/mol. The van der Waals surface area contributed by atoms with Crippen LogP contribution in [0.4, 0.5) is 5.69 Å². The number of anilines is 1. The Balaban J connectivity index is 3.31. The molecule has 0 radical (unpaired) electrons. The van der Waals surface area contributed by atoms with Gasteiger partial charge in [0, 0.05) is 0 Å². The summed E-state index contributed by atoms with van der Waals surface area (Å²) >= 11 is 6.07. The van der Waals surface area contributed by atoms with E-state index in [1.165, 1.54) is 7.11 Å². The molecule has 0 unspecified atom stereocenters. The number of rotatable bonds is 3. The van der Waals surface area contributed by atoms with Crippen molar-refractivity contribution in [3.8, 4) is 5.75 Å². The van der Waals surface area contributed by atoms with E-state index in [1.807, 2.05) is 19.6 Å². The molecule has 0 bridgehead atoms. The first-order chi connectivity index (χ1) is 7.76. The number of carbonyl (C=O) groups excluding carboxylic acids is 1. The molecule has 0 aromatic heterocycles. The van der Waals surface area contributed by atoms with Crippen molar-refractivity contribution in [2.45, 2.75) is 19.6 Å². The molecular formula is C11H16ClNO3Si. The summed E-state index contributed by atoms with van der Waals surface area (Å²) in [7, 11) is -0.580. The molecule has 0 aliphatic rings. The summed E-state index contributed by atoms with van der Waals surface area (Å²) in [6.07, 6.45) is 0. The van der Waals surface area contributed by atoms with Crippen LogP contribution >= 0.6 is 11.6 Å². The van der Waals surface area contributed by atoms with Crippen molar-refractivity contribution in [3.63, 3.8) is 0 Å². The Morgan fingerprint density at radius 2 is 1.94 bits per heavy atom. The second-order valence-electron chi connectivity index (χ2n) is 4.55. The fraction of sp³-hybridized carbons (Fsp3) is 0.364. The van der Waals surface area contributed by atoms with E-state index in [9.17, 15) is 4.79 Å². The van der Waals surface area contributed by atoms with Gasteiger partial charge in [-0.1, -0.05) is 11.6 Å². The first-order valence-corrected chi connectivity index (χ1v) is 8.90. The second kappa shape index (κ2) is 4.97. The Bertz CT molecular complexity index is 443. The van der Waals surface area contributed by atoms with Gasteiger partial charge in [-0.15, -0.1) is 0 Å². The van der Waals surface area contributed by atoms with Crippen LogP contribution in [0.3, 0.4) is 0 Å². The topological polar surface area (TPSA) is 61.5 Å². The summed E-state index contributed by atoms with van der Waals surface area (Å²) in [5.41, 5.74) is 6.38. The van der Waals surface area contributed by atoms with Crippen LogP contribution in [-0.2, 0) is 4.74 Å². The molecule has 0 aliphatic carbocycles. The molecular weight excluding hydrogens is 258 g/mol. The van der Waals surface area contributed by atoms with E-state index >= 15 is 0 Å². The van der Waals surface area contributed by atoms with Gasteiger partial charge in [-0.3, -0.25) is 0 Å². The third kappa shape index (κ3) is 3.37. The monoisotopic (exact) mass is 273 g/mol. The second-order valence-corrected chi connectivity index (χ2v) is 9.36. The maximum atomic E-state index is 11.6. The maximum Gasteiger partial charge on any atom is 0.341 e. The summed E-state index contributed by atoms with van der Waals surface area (Å²) in [4.78, 5) is 11.6. The van der Waals surface area contributed by atoms with Crippen molar-refractivity contribution in [1.29, 1.82) is 0 Å². The summed E-state index contributed by atoms with van der Waals surface area (Å²) in [5, 5.41) is 0.260. The van der Waals surface area contributed by atoms with Crippen LogP contribution in [0, 0.1) is 0 Å². The largest absolute Gasteiger partial charge is 0.543 e. The quantitative estimate of drug-likeness (QED) is 0.523. The van der Waals surface area contributed by atoms with Gasteiger partial charge < -0.3 is 14.9 Å². The minimum Gasteiger partial charge on any atom is -0.543 e. The Morgan fingerprint density at radius 1 is 1.35 bits per heavy atom. The maximum absolute atomic E-state index is 11.6. The van der Waals surface area contributed by atoms with Gasteiger partial charge in [-0.25, -0.2) is 4.79 Å². The summed E-state index contributed by atoms with van der Waals surface area (Å²) in [6, 6.07) is 3.12. The van der Waals surface area contributed by atoms with Crippen molar-refractivity contribution in [2.24, 2.45) is 0 Å². The van der Waals surface area contributed by atoms with Crippen molar-refractivity contribution >= 4 is 31.6 Å². The molecule has 0 fully saturated rings. The number of methoxy groups -OCH3 is 1. The van der Waals surface area contributed by atoms with Crippen molar-refractivity contribution in [3.05, 3.63) is 22.7 Å². The number of ether oxygens (including phenoxy) is 1. The van der Waals surface area contributed by atoms with E-state index in [4.69, 9.17) is 21.8 Å². The van der Waals surface area contributed by atoms with Crippen LogP contribution in [0.15, 0.2) is 12.1 Å². The Labute approximate surface area is 107 Å². The van der Waals surface area contributed by atoms with E-state index in [0.29, 0.717) is 17.0 Å². The van der Waals surface area contributed by atoms with Gasteiger partial charge >= 0.3 is 5.97 Å². The Hall–Kier alpha value is -1.20. The van der Waals surface area contributed by atoms with Crippen LogP contribution < -0.4 is 10.2 Å². The van der Waals surface area contributed by atoms with Crippen LogP contribution in [0.5, 0.6) is 5.75 Å². The van der Waals surface area contributed by atoms with Gasteiger partial charge in [0.2, 0.25) is 8.32 Å². The summed E-state index contributed by atoms with van der Waals surface area (Å²) in [6.45, 7) is 5.98. The number of carbonyl (C=O) groups is 1. The highest BCUT2D eigenvalue weighted by molar-refractivity contribution is 6.70. The Morgan fingerprint density at radius 3 is 2.41 bits per heavy atom. The number of esters is 1. The lowest BCUT2D eigenvalue weighted by molar-refractivity contribution is 0.0598. The molecule has 94 valence electrons. The van der Waals surface area contributed by atoms with Gasteiger partial charge in [-0.2, -0.15) is 0 Å². The standard InChI is InChI=1S/C11H16ClNO3Si/c1-15-11(14)7-5-6-8(13)9(12)10(7)16-17(2,3)4/h5-6H,13H2,1-4H3. The Kier molecular flexibility index (Phi) is 4.06. The molecule has 0 spiro atoms. The highest BCUT2D eigenvalue weighted by Gasteiger charge is 2.24. The molecule has 2 N–H and O–H groups in total. The number of hydrogen-bond donors (Lipinski definition) is 1. The van der Waals surface area contributed by atoms with E-state index in [0.717, 1.165) is 0 Å². The molecule has 1 aromatic rings. The number of nitrogen functional groups attached to an aromatic ring is 1. The van der Waals surface area contributed by atoms with E-state index in [2.05, 4.69) is 4.74 Å². The zero-order valence-corrected chi connectivity index (χ0v) is 12.1. The zero-order chi connectivity index (χ0) is 13.2. The molecule has 0 heterocycles. The minimum atomic E-state index is -1.89. The minimum absolute atomic E-state index is 0.260. The van der Waals surface area contributed by atoms with Crippen molar-refractivity contribution < 1.29 is 14.0 Å². The number of benzene rings is 1. The van der Waals surface area contributed by atoms with Gasteiger partial charge in [0.25, 0.3) is 0 Å². The molecule has 1 rings (SSSR count). The fourth-order valence-corrected chi connectivity index (χ4v) is 2.34. The lowest BCUT2D eigenvalue weighted by Crippen LogP contribution is -2.30. The van der Waals surface area contributed by atoms with Crippen LogP contribution in [0.25, 0.3) is 0 Å². The fourth-order valence-electron chi connectivity index (χ4n) is 1.25. The smallest absolute Gasteiger partial charge is 0.341 e.